The summed E-state index contributed by atoms with van der Waals surface area (Å²) in [5, 5.41) is 0. The molecule has 1 heteroatoms. The Bertz CT molecular complexity index is 1170. The van der Waals surface area contributed by atoms with Crippen LogP contribution in [0.25, 0.3) is 11.1 Å². The molecule has 0 spiro atoms. The molecule has 0 atom stereocenters. The van der Waals surface area contributed by atoms with Crippen molar-refractivity contribution < 1.29 is 0 Å². The van der Waals surface area contributed by atoms with Gasteiger partial charge >= 0.3 is 0 Å². The number of rotatable bonds is 2. The van der Waals surface area contributed by atoms with Crippen LogP contribution in [0.4, 0.5) is 17.1 Å². The van der Waals surface area contributed by atoms with E-state index in [1.807, 2.05) is 0 Å². The SMILES string of the molecule is CC(C)(C)C1(C)c2ccccc2N(c2ccc(-c3ccccc3)cc2)c2ccccc21. The molecule has 0 saturated heterocycles. The van der Waals surface area contributed by atoms with Gasteiger partial charge in [0, 0.05) is 11.1 Å². The minimum Gasteiger partial charge on any atom is -0.310 e. The van der Waals surface area contributed by atoms with Gasteiger partial charge in [0.1, 0.15) is 0 Å². The summed E-state index contributed by atoms with van der Waals surface area (Å²) in [7, 11) is 0. The Balaban J connectivity index is 1.70. The van der Waals surface area contributed by atoms with Crippen LogP contribution in [0, 0.1) is 5.41 Å². The molecule has 1 heterocycles. The van der Waals surface area contributed by atoms with Crippen molar-refractivity contribution in [2.24, 2.45) is 5.41 Å². The number of fused-ring (bicyclic) bond motifs is 2. The molecule has 4 aromatic carbocycles. The van der Waals surface area contributed by atoms with E-state index in [0.717, 1.165) is 0 Å². The van der Waals surface area contributed by atoms with Crippen LogP contribution in [0.1, 0.15) is 38.8 Å². The third kappa shape index (κ3) is 2.99. The van der Waals surface area contributed by atoms with E-state index >= 15 is 0 Å². The van der Waals surface area contributed by atoms with Gasteiger partial charge < -0.3 is 4.90 Å². The highest BCUT2D eigenvalue weighted by atomic mass is 15.2. The third-order valence-corrected chi connectivity index (χ3v) is 7.10. The minimum absolute atomic E-state index is 0.0719. The molecule has 154 valence electrons. The Morgan fingerprint density at radius 3 is 1.52 bits per heavy atom. The molecule has 0 aliphatic carbocycles. The molecule has 0 saturated carbocycles. The van der Waals surface area contributed by atoms with Gasteiger partial charge in [-0.3, -0.25) is 0 Å². The Morgan fingerprint density at radius 2 is 1.00 bits per heavy atom. The van der Waals surface area contributed by atoms with Crippen molar-refractivity contribution in [1.82, 2.24) is 0 Å². The lowest BCUT2D eigenvalue weighted by molar-refractivity contribution is 0.248. The predicted octanol–water partition coefficient (Wildman–Crippen LogP) is 8.49. The van der Waals surface area contributed by atoms with Crippen LogP contribution in [0.3, 0.4) is 0 Å². The first-order chi connectivity index (χ1) is 14.9. The van der Waals surface area contributed by atoms with Gasteiger partial charge in [-0.15, -0.1) is 0 Å². The Morgan fingerprint density at radius 1 is 0.548 bits per heavy atom. The highest BCUT2D eigenvalue weighted by Gasteiger charge is 2.47. The summed E-state index contributed by atoms with van der Waals surface area (Å²) in [5.74, 6) is 0. The van der Waals surface area contributed by atoms with Gasteiger partial charge in [-0.2, -0.15) is 0 Å². The molecule has 1 nitrogen and oxygen atoms in total. The highest BCUT2D eigenvalue weighted by molar-refractivity contribution is 5.86. The second kappa shape index (κ2) is 7.13. The lowest BCUT2D eigenvalue weighted by Gasteiger charge is -2.50. The lowest BCUT2D eigenvalue weighted by Crippen LogP contribution is -2.42. The van der Waals surface area contributed by atoms with Gasteiger partial charge in [-0.1, -0.05) is 107 Å². The zero-order valence-electron chi connectivity index (χ0n) is 18.8. The van der Waals surface area contributed by atoms with Gasteiger partial charge in [-0.25, -0.2) is 0 Å². The highest BCUT2D eigenvalue weighted by Crippen LogP contribution is 2.58. The summed E-state index contributed by atoms with van der Waals surface area (Å²) in [6.07, 6.45) is 0. The van der Waals surface area contributed by atoms with Crippen molar-refractivity contribution in [3.05, 3.63) is 114 Å². The number of hydrogen-bond acceptors (Lipinski definition) is 1. The zero-order chi connectivity index (χ0) is 21.6. The number of hydrogen-bond donors (Lipinski definition) is 0. The Kier molecular flexibility index (Phi) is 4.51. The fraction of sp³-hybridized carbons (Fsp3) is 0.200. The van der Waals surface area contributed by atoms with Crippen LogP contribution in [0.2, 0.25) is 0 Å². The fourth-order valence-electron chi connectivity index (χ4n) is 4.98. The average Bonchev–Trinajstić information content (AvgIpc) is 2.80. The molecule has 0 unspecified atom stereocenters. The topological polar surface area (TPSA) is 3.24 Å². The standard InChI is InChI=1S/C30H29N/c1-29(2,3)30(4)25-14-8-10-16-27(25)31(28-17-11-9-15-26(28)30)24-20-18-23(19-21-24)22-12-6-5-7-13-22/h5-21H,1-4H3. The van der Waals surface area contributed by atoms with Crippen molar-refractivity contribution in [2.45, 2.75) is 33.1 Å². The van der Waals surface area contributed by atoms with Gasteiger partial charge in [0.2, 0.25) is 0 Å². The van der Waals surface area contributed by atoms with Crippen LogP contribution in [-0.2, 0) is 5.41 Å². The van der Waals surface area contributed by atoms with Crippen molar-refractivity contribution in [1.29, 1.82) is 0 Å². The molecular weight excluding hydrogens is 374 g/mol. The lowest BCUT2D eigenvalue weighted by atomic mass is 9.58. The Labute approximate surface area is 186 Å². The zero-order valence-corrected chi connectivity index (χ0v) is 18.8. The molecule has 0 radical (unpaired) electrons. The summed E-state index contributed by atoms with van der Waals surface area (Å²) in [4.78, 5) is 2.42. The summed E-state index contributed by atoms with van der Waals surface area (Å²) in [6.45, 7) is 9.46. The largest absolute Gasteiger partial charge is 0.310 e. The quantitative estimate of drug-likeness (QED) is 0.324. The second-order valence-electron chi connectivity index (χ2n) is 9.66. The smallest absolute Gasteiger partial charge is 0.0502 e. The first-order valence-corrected chi connectivity index (χ1v) is 11.1. The molecule has 0 bridgehead atoms. The van der Waals surface area contributed by atoms with Crippen molar-refractivity contribution in [2.75, 3.05) is 4.90 Å². The molecule has 0 N–H and O–H groups in total. The number of anilines is 3. The third-order valence-electron chi connectivity index (χ3n) is 7.10. The minimum atomic E-state index is -0.0827. The van der Waals surface area contributed by atoms with E-state index in [1.54, 1.807) is 0 Å². The van der Waals surface area contributed by atoms with Crippen molar-refractivity contribution in [3.8, 4) is 11.1 Å². The maximum absolute atomic E-state index is 2.42. The van der Waals surface area contributed by atoms with E-state index in [-0.39, 0.29) is 10.8 Å². The van der Waals surface area contributed by atoms with Crippen LogP contribution in [-0.4, -0.2) is 0 Å². The summed E-state index contributed by atoms with van der Waals surface area (Å²) < 4.78 is 0. The van der Waals surface area contributed by atoms with Gasteiger partial charge in [0.25, 0.3) is 0 Å². The van der Waals surface area contributed by atoms with E-state index in [0.29, 0.717) is 0 Å². The van der Waals surface area contributed by atoms with Crippen LogP contribution >= 0.6 is 0 Å². The van der Waals surface area contributed by atoms with Crippen LogP contribution < -0.4 is 4.90 Å². The van der Waals surface area contributed by atoms with Gasteiger partial charge in [0.15, 0.2) is 0 Å². The van der Waals surface area contributed by atoms with E-state index in [4.69, 9.17) is 0 Å². The summed E-state index contributed by atoms with van der Waals surface area (Å²) in [5.41, 5.74) is 8.97. The van der Waals surface area contributed by atoms with Gasteiger partial charge in [-0.05, 0) is 51.9 Å². The molecule has 5 rings (SSSR count). The number of nitrogens with zero attached hydrogens (tertiary/aromatic N) is 1. The molecule has 0 fully saturated rings. The molecular formula is C30H29N. The van der Waals surface area contributed by atoms with Crippen molar-refractivity contribution >= 4 is 17.1 Å². The predicted molar refractivity (Wildman–Crippen MR) is 132 cm³/mol. The Hall–Kier alpha value is -3.32. The number of para-hydroxylation sites is 2. The monoisotopic (exact) mass is 403 g/mol. The molecule has 1 aliphatic heterocycles. The summed E-state index contributed by atoms with van der Waals surface area (Å²) >= 11 is 0. The normalized spacial score (nSPS) is 14.6. The maximum Gasteiger partial charge on any atom is 0.0502 e. The maximum atomic E-state index is 2.42. The molecule has 4 aromatic rings. The van der Waals surface area contributed by atoms with Crippen molar-refractivity contribution in [3.63, 3.8) is 0 Å². The second-order valence-corrected chi connectivity index (χ2v) is 9.66. The van der Waals surface area contributed by atoms with Gasteiger partial charge in [0.05, 0.1) is 11.4 Å². The van der Waals surface area contributed by atoms with E-state index in [1.165, 1.54) is 39.3 Å². The molecule has 0 aromatic heterocycles. The summed E-state index contributed by atoms with van der Waals surface area (Å²) in [6, 6.07) is 37.3. The van der Waals surface area contributed by atoms with Crippen LogP contribution in [0.5, 0.6) is 0 Å². The first-order valence-electron chi connectivity index (χ1n) is 11.1. The van der Waals surface area contributed by atoms with E-state index in [9.17, 15) is 0 Å². The van der Waals surface area contributed by atoms with Crippen LogP contribution in [0.15, 0.2) is 103 Å². The fourth-order valence-corrected chi connectivity index (χ4v) is 4.98. The number of benzene rings is 4. The molecule has 0 amide bonds. The van der Waals surface area contributed by atoms with E-state index in [2.05, 4.69) is 136 Å². The molecule has 1 aliphatic rings. The van der Waals surface area contributed by atoms with E-state index < -0.39 is 0 Å². The average molecular weight is 404 g/mol. The molecule has 31 heavy (non-hydrogen) atoms. The first kappa shape index (κ1) is 19.6.